The van der Waals surface area contributed by atoms with Crippen molar-refractivity contribution in [3.63, 3.8) is 0 Å². The summed E-state index contributed by atoms with van der Waals surface area (Å²) in [6, 6.07) is 4.09. The smallest absolute Gasteiger partial charge is 0.315 e. The summed E-state index contributed by atoms with van der Waals surface area (Å²) in [5.74, 6) is -0.966. The van der Waals surface area contributed by atoms with Gasteiger partial charge in [0.15, 0.2) is 0 Å². The SMILES string of the molecule is CC(Cc1cccs1)NC(=O)NC1CCC(C(=O)O)CC1. The Hall–Kier alpha value is -1.56. The second kappa shape index (κ2) is 7.45. The van der Waals surface area contributed by atoms with Gasteiger partial charge >= 0.3 is 12.0 Å². The number of carboxylic acid groups (broad SMARTS) is 1. The van der Waals surface area contributed by atoms with Crippen molar-refractivity contribution in [2.24, 2.45) is 5.92 Å². The van der Waals surface area contributed by atoms with Gasteiger partial charge in [-0.2, -0.15) is 0 Å². The lowest BCUT2D eigenvalue weighted by Gasteiger charge is -2.27. The number of nitrogens with one attached hydrogen (secondary N) is 2. The fourth-order valence-corrected chi connectivity index (χ4v) is 3.55. The fraction of sp³-hybridized carbons (Fsp3) is 0.600. The minimum absolute atomic E-state index is 0.0824. The Bertz CT molecular complexity index is 467. The Morgan fingerprint density at radius 2 is 2.10 bits per heavy atom. The van der Waals surface area contributed by atoms with Gasteiger partial charge < -0.3 is 15.7 Å². The normalized spacial score (nSPS) is 23.3. The Morgan fingerprint density at radius 1 is 1.38 bits per heavy atom. The van der Waals surface area contributed by atoms with Crippen molar-refractivity contribution in [3.05, 3.63) is 22.4 Å². The molecule has 1 fully saturated rings. The molecule has 116 valence electrons. The monoisotopic (exact) mass is 310 g/mol. The van der Waals surface area contributed by atoms with Gasteiger partial charge in [0, 0.05) is 23.4 Å². The average Bonchev–Trinajstić information content (AvgIpc) is 2.91. The number of hydrogen-bond donors (Lipinski definition) is 3. The molecule has 1 saturated carbocycles. The van der Waals surface area contributed by atoms with Crippen molar-refractivity contribution in [1.29, 1.82) is 0 Å². The molecule has 3 N–H and O–H groups in total. The van der Waals surface area contributed by atoms with Crippen LogP contribution in [0.15, 0.2) is 17.5 Å². The molecule has 1 unspecified atom stereocenters. The van der Waals surface area contributed by atoms with E-state index in [1.807, 2.05) is 18.4 Å². The standard InChI is InChI=1S/C15H22N2O3S/c1-10(9-13-3-2-8-21-13)16-15(20)17-12-6-4-11(5-7-12)14(18)19/h2-3,8,10-12H,4-7,9H2,1H3,(H,18,19)(H2,16,17,20). The molecule has 2 rings (SSSR count). The Kier molecular flexibility index (Phi) is 5.61. The number of hydrogen-bond acceptors (Lipinski definition) is 3. The van der Waals surface area contributed by atoms with Gasteiger partial charge in [-0.1, -0.05) is 6.07 Å². The summed E-state index contributed by atoms with van der Waals surface area (Å²) >= 11 is 1.69. The third kappa shape index (κ3) is 5.04. The number of carbonyl (C=O) groups is 2. The van der Waals surface area contributed by atoms with Crippen molar-refractivity contribution >= 4 is 23.3 Å². The molecular weight excluding hydrogens is 288 g/mol. The van der Waals surface area contributed by atoms with E-state index in [4.69, 9.17) is 5.11 Å². The molecule has 0 aromatic carbocycles. The molecule has 21 heavy (non-hydrogen) atoms. The van der Waals surface area contributed by atoms with E-state index >= 15 is 0 Å². The number of carboxylic acids is 1. The second-order valence-electron chi connectivity index (χ2n) is 5.69. The molecule has 1 aromatic heterocycles. The van der Waals surface area contributed by atoms with Crippen LogP contribution in [-0.4, -0.2) is 29.2 Å². The van der Waals surface area contributed by atoms with Crippen LogP contribution in [0.3, 0.4) is 0 Å². The summed E-state index contributed by atoms with van der Waals surface area (Å²) in [5.41, 5.74) is 0. The quantitative estimate of drug-likeness (QED) is 0.782. The number of urea groups is 1. The number of thiophene rings is 1. The maximum Gasteiger partial charge on any atom is 0.315 e. The Balaban J connectivity index is 1.69. The fourth-order valence-electron chi connectivity index (χ4n) is 2.72. The van der Waals surface area contributed by atoms with E-state index in [0.717, 1.165) is 19.3 Å². The summed E-state index contributed by atoms with van der Waals surface area (Å²) in [6.07, 6.45) is 3.60. The molecule has 0 aliphatic heterocycles. The van der Waals surface area contributed by atoms with Gasteiger partial charge in [-0.25, -0.2) is 4.79 Å². The van der Waals surface area contributed by atoms with Crippen LogP contribution in [-0.2, 0) is 11.2 Å². The molecule has 0 spiro atoms. The lowest BCUT2D eigenvalue weighted by molar-refractivity contribution is -0.142. The van der Waals surface area contributed by atoms with Crippen LogP contribution in [0.25, 0.3) is 0 Å². The van der Waals surface area contributed by atoms with E-state index < -0.39 is 5.97 Å². The molecule has 0 bridgehead atoms. The van der Waals surface area contributed by atoms with Crippen LogP contribution in [0.5, 0.6) is 0 Å². The first-order valence-corrected chi connectivity index (χ1v) is 8.24. The van der Waals surface area contributed by atoms with Crippen molar-refractivity contribution in [1.82, 2.24) is 10.6 Å². The zero-order chi connectivity index (χ0) is 15.2. The zero-order valence-corrected chi connectivity index (χ0v) is 13.0. The van der Waals surface area contributed by atoms with Gasteiger partial charge in [-0.3, -0.25) is 4.79 Å². The third-order valence-electron chi connectivity index (χ3n) is 3.88. The van der Waals surface area contributed by atoms with Gasteiger partial charge in [0.2, 0.25) is 0 Å². The van der Waals surface area contributed by atoms with Crippen LogP contribution in [0.2, 0.25) is 0 Å². The lowest BCUT2D eigenvalue weighted by atomic mass is 9.86. The summed E-state index contributed by atoms with van der Waals surface area (Å²) in [7, 11) is 0. The molecule has 1 aliphatic rings. The molecule has 1 atom stereocenters. The minimum atomic E-state index is -0.720. The van der Waals surface area contributed by atoms with E-state index in [2.05, 4.69) is 16.7 Å². The second-order valence-corrected chi connectivity index (χ2v) is 6.72. The van der Waals surface area contributed by atoms with Crippen molar-refractivity contribution in [2.45, 2.75) is 51.1 Å². The summed E-state index contributed by atoms with van der Waals surface area (Å²) in [4.78, 5) is 24.1. The minimum Gasteiger partial charge on any atom is -0.481 e. The van der Waals surface area contributed by atoms with Crippen molar-refractivity contribution < 1.29 is 14.7 Å². The molecule has 0 saturated heterocycles. The molecule has 1 aromatic rings. The number of carbonyl (C=O) groups excluding carboxylic acids is 1. The topological polar surface area (TPSA) is 78.4 Å². The van der Waals surface area contributed by atoms with Gasteiger partial charge in [0.1, 0.15) is 0 Å². The van der Waals surface area contributed by atoms with Crippen molar-refractivity contribution in [2.75, 3.05) is 0 Å². The van der Waals surface area contributed by atoms with Gasteiger partial charge in [-0.15, -0.1) is 11.3 Å². The third-order valence-corrected chi connectivity index (χ3v) is 4.78. The first-order valence-electron chi connectivity index (χ1n) is 7.37. The van der Waals surface area contributed by atoms with Crippen LogP contribution < -0.4 is 10.6 Å². The highest BCUT2D eigenvalue weighted by Gasteiger charge is 2.26. The van der Waals surface area contributed by atoms with Crippen LogP contribution in [0.4, 0.5) is 4.79 Å². The highest BCUT2D eigenvalue weighted by Crippen LogP contribution is 2.24. The molecular formula is C15H22N2O3S. The van der Waals surface area contributed by atoms with E-state index in [-0.39, 0.29) is 24.0 Å². The van der Waals surface area contributed by atoms with Crippen LogP contribution >= 0.6 is 11.3 Å². The molecule has 6 heteroatoms. The van der Waals surface area contributed by atoms with E-state index in [0.29, 0.717) is 12.8 Å². The molecule has 0 radical (unpaired) electrons. The molecule has 5 nitrogen and oxygen atoms in total. The molecule has 2 amide bonds. The Morgan fingerprint density at radius 3 is 2.67 bits per heavy atom. The first kappa shape index (κ1) is 15.8. The summed E-state index contributed by atoms with van der Waals surface area (Å²) < 4.78 is 0. The van der Waals surface area contributed by atoms with E-state index in [1.165, 1.54) is 4.88 Å². The number of amides is 2. The predicted molar refractivity (Wildman–Crippen MR) is 82.5 cm³/mol. The van der Waals surface area contributed by atoms with E-state index in [1.54, 1.807) is 11.3 Å². The maximum absolute atomic E-state index is 11.9. The Labute approximate surface area is 128 Å². The molecule has 1 aliphatic carbocycles. The summed E-state index contributed by atoms with van der Waals surface area (Å²) in [6.45, 7) is 1.99. The highest BCUT2D eigenvalue weighted by molar-refractivity contribution is 7.09. The van der Waals surface area contributed by atoms with E-state index in [9.17, 15) is 9.59 Å². The average molecular weight is 310 g/mol. The summed E-state index contributed by atoms with van der Waals surface area (Å²) in [5, 5.41) is 16.9. The lowest BCUT2D eigenvalue weighted by Crippen LogP contribution is -2.47. The number of aliphatic carboxylic acids is 1. The van der Waals surface area contributed by atoms with Gasteiger partial charge in [0.25, 0.3) is 0 Å². The van der Waals surface area contributed by atoms with Gasteiger partial charge in [0.05, 0.1) is 5.92 Å². The van der Waals surface area contributed by atoms with Gasteiger partial charge in [-0.05, 0) is 44.1 Å². The zero-order valence-electron chi connectivity index (χ0n) is 12.2. The predicted octanol–water partition coefficient (Wildman–Crippen LogP) is 2.62. The highest BCUT2D eigenvalue weighted by atomic mass is 32.1. The largest absolute Gasteiger partial charge is 0.481 e. The van der Waals surface area contributed by atoms with Crippen molar-refractivity contribution in [3.8, 4) is 0 Å². The first-order chi connectivity index (χ1) is 10.0. The van der Waals surface area contributed by atoms with Crippen LogP contribution in [0, 0.1) is 5.92 Å². The maximum atomic E-state index is 11.9. The van der Waals surface area contributed by atoms with Crippen LogP contribution in [0.1, 0.15) is 37.5 Å². The number of rotatable bonds is 5. The molecule has 1 heterocycles.